The summed E-state index contributed by atoms with van der Waals surface area (Å²) in [6.07, 6.45) is 0.843. The first-order valence-corrected chi connectivity index (χ1v) is 13.6. The topological polar surface area (TPSA) is 112 Å². The summed E-state index contributed by atoms with van der Waals surface area (Å²) in [6, 6.07) is 29.9. The minimum Gasteiger partial charge on any atom is -0.448 e. The molecule has 4 N–H and O–H groups in total. The molecule has 0 saturated heterocycles. The molecule has 5 aromatic rings. The van der Waals surface area contributed by atoms with E-state index in [1.54, 1.807) is 29.2 Å². The predicted octanol–water partition coefficient (Wildman–Crippen LogP) is 6.36. The van der Waals surface area contributed by atoms with Crippen molar-refractivity contribution in [3.8, 4) is 22.3 Å². The van der Waals surface area contributed by atoms with Gasteiger partial charge in [-0.1, -0.05) is 66.7 Å². The first-order chi connectivity index (χ1) is 18.8. The van der Waals surface area contributed by atoms with Crippen LogP contribution < -0.4 is 15.4 Å². The van der Waals surface area contributed by atoms with Crippen molar-refractivity contribution in [2.45, 2.75) is 11.1 Å². The second kappa shape index (κ2) is 9.54. The fraction of sp³-hybridized carbons (Fsp3) is 0.0333. The summed E-state index contributed by atoms with van der Waals surface area (Å²) in [5.41, 5.74) is 4.70. The summed E-state index contributed by atoms with van der Waals surface area (Å²) in [5, 5.41) is 17.5. The lowest BCUT2D eigenvalue weighted by atomic mass is 9.99. The highest BCUT2D eigenvalue weighted by atomic mass is 32.2. The number of rotatable bonds is 5. The maximum atomic E-state index is 15.0. The molecule has 0 radical (unpaired) electrons. The molecular formula is C30H23FN4O3S. The Balaban J connectivity index is 1.36. The lowest BCUT2D eigenvalue weighted by molar-refractivity contribution is 0.564. The Hall–Kier alpha value is -4.73. The van der Waals surface area contributed by atoms with Gasteiger partial charge in [-0.25, -0.2) is 17.9 Å². The average Bonchev–Trinajstić information content (AvgIpc) is 3.43. The Morgan fingerprint density at radius 2 is 1.56 bits per heavy atom. The van der Waals surface area contributed by atoms with Crippen molar-refractivity contribution in [3.63, 3.8) is 0 Å². The number of nitrogens with zero attached hydrogens (tertiary/aromatic N) is 1. The number of nitrogens with one attached hydrogen (secondary N) is 2. The Morgan fingerprint density at radius 3 is 2.28 bits per heavy atom. The van der Waals surface area contributed by atoms with Gasteiger partial charge in [0.1, 0.15) is 17.8 Å². The van der Waals surface area contributed by atoms with Crippen LogP contribution in [0.1, 0.15) is 17.3 Å². The number of halogens is 1. The number of hydrogen-bond acceptors (Lipinski definition) is 5. The molecule has 0 spiro atoms. The van der Waals surface area contributed by atoms with Gasteiger partial charge in [-0.2, -0.15) is 0 Å². The van der Waals surface area contributed by atoms with E-state index in [4.69, 9.17) is 15.0 Å². The molecule has 7 nitrogen and oxygen atoms in total. The standard InChI is InChI=1S/C30H23FN4O3S/c31-27-18-21(11-14-25(27)20-5-2-1-3-6-20)19-9-12-23(13-10-19)35-28(32)26-15-16-38-30(26)34-29(35)22-7-4-8-24(17-22)39(33,36)37/h1-18,29,32,34H,(H2,33,36,37). The molecule has 0 fully saturated rings. The first-order valence-electron chi connectivity index (χ1n) is 12.1. The lowest BCUT2D eigenvalue weighted by Gasteiger charge is -2.38. The summed E-state index contributed by atoms with van der Waals surface area (Å²) in [5.74, 6) is 0.273. The molecule has 194 valence electrons. The van der Waals surface area contributed by atoms with Crippen molar-refractivity contribution in [3.05, 3.63) is 126 Å². The average molecular weight is 539 g/mol. The van der Waals surface area contributed by atoms with Crippen molar-refractivity contribution in [2.75, 3.05) is 10.2 Å². The molecule has 4 aromatic carbocycles. The monoisotopic (exact) mass is 538 g/mol. The molecule has 2 heterocycles. The van der Waals surface area contributed by atoms with Gasteiger partial charge in [-0.15, -0.1) is 0 Å². The van der Waals surface area contributed by atoms with Gasteiger partial charge in [0.2, 0.25) is 15.9 Å². The molecule has 1 atom stereocenters. The largest absolute Gasteiger partial charge is 0.448 e. The maximum Gasteiger partial charge on any atom is 0.238 e. The third-order valence-electron chi connectivity index (χ3n) is 6.72. The summed E-state index contributed by atoms with van der Waals surface area (Å²) < 4.78 is 44.5. The van der Waals surface area contributed by atoms with E-state index in [0.717, 1.165) is 16.7 Å². The Kier molecular flexibility index (Phi) is 6.02. The minimum atomic E-state index is -3.92. The summed E-state index contributed by atoms with van der Waals surface area (Å²) in [6.45, 7) is 0. The number of anilines is 2. The van der Waals surface area contributed by atoms with Crippen molar-refractivity contribution < 1.29 is 17.2 Å². The molecule has 1 aliphatic rings. The molecule has 0 amide bonds. The SMILES string of the molecule is N=C1c2ccoc2NC(c2cccc(S(N)(=O)=O)c2)N1c1ccc(-c2ccc(-c3ccccc3)c(F)c2)cc1. The van der Waals surface area contributed by atoms with Crippen LogP contribution in [-0.4, -0.2) is 14.3 Å². The van der Waals surface area contributed by atoms with E-state index in [0.29, 0.717) is 28.3 Å². The van der Waals surface area contributed by atoms with E-state index in [-0.39, 0.29) is 16.5 Å². The zero-order valence-corrected chi connectivity index (χ0v) is 21.3. The van der Waals surface area contributed by atoms with Crippen molar-refractivity contribution in [1.29, 1.82) is 5.41 Å². The molecule has 6 rings (SSSR count). The van der Waals surface area contributed by atoms with Crippen LogP contribution in [0, 0.1) is 11.2 Å². The highest BCUT2D eigenvalue weighted by Gasteiger charge is 2.34. The Labute approximate surface area is 224 Å². The molecule has 9 heteroatoms. The zero-order valence-electron chi connectivity index (χ0n) is 20.5. The third-order valence-corrected chi connectivity index (χ3v) is 7.63. The summed E-state index contributed by atoms with van der Waals surface area (Å²) >= 11 is 0. The van der Waals surface area contributed by atoms with Crippen molar-refractivity contribution in [1.82, 2.24) is 0 Å². The van der Waals surface area contributed by atoms with Crippen LogP contribution in [0.2, 0.25) is 0 Å². The van der Waals surface area contributed by atoms with Gasteiger partial charge in [-0.05, 0) is 58.7 Å². The normalized spacial score (nSPS) is 15.1. The number of fused-ring (bicyclic) bond motifs is 1. The molecule has 1 unspecified atom stereocenters. The van der Waals surface area contributed by atoms with E-state index < -0.39 is 16.2 Å². The Bertz CT molecular complexity index is 1800. The first kappa shape index (κ1) is 24.6. The van der Waals surface area contributed by atoms with Crippen molar-refractivity contribution in [2.24, 2.45) is 5.14 Å². The zero-order chi connectivity index (χ0) is 27.1. The molecule has 0 saturated carbocycles. The van der Waals surface area contributed by atoms with Gasteiger partial charge in [-0.3, -0.25) is 5.41 Å². The van der Waals surface area contributed by atoms with E-state index in [1.807, 2.05) is 60.7 Å². The van der Waals surface area contributed by atoms with Crippen LogP contribution in [0.25, 0.3) is 22.3 Å². The van der Waals surface area contributed by atoms with E-state index in [9.17, 15) is 8.42 Å². The molecule has 39 heavy (non-hydrogen) atoms. The molecule has 0 aliphatic carbocycles. The second-order valence-corrected chi connectivity index (χ2v) is 10.7. The number of primary sulfonamides is 1. The van der Waals surface area contributed by atoms with Gasteiger partial charge in [0, 0.05) is 11.3 Å². The predicted molar refractivity (Wildman–Crippen MR) is 149 cm³/mol. The van der Waals surface area contributed by atoms with Crippen LogP contribution in [-0.2, 0) is 10.0 Å². The summed E-state index contributed by atoms with van der Waals surface area (Å²) in [4.78, 5) is 1.71. The highest BCUT2D eigenvalue weighted by Crippen LogP contribution is 2.38. The van der Waals surface area contributed by atoms with Crippen LogP contribution in [0.15, 0.2) is 119 Å². The number of benzene rings is 4. The maximum absolute atomic E-state index is 15.0. The Morgan fingerprint density at radius 1 is 0.821 bits per heavy atom. The van der Waals surface area contributed by atoms with E-state index >= 15 is 4.39 Å². The lowest BCUT2D eigenvalue weighted by Crippen LogP contribution is -2.42. The van der Waals surface area contributed by atoms with Crippen molar-refractivity contribution >= 4 is 27.4 Å². The number of sulfonamides is 1. The van der Waals surface area contributed by atoms with E-state index in [1.165, 1.54) is 24.5 Å². The molecular weight excluding hydrogens is 515 g/mol. The number of nitrogens with two attached hydrogens (primary N) is 1. The second-order valence-electron chi connectivity index (χ2n) is 9.15. The van der Waals surface area contributed by atoms with Gasteiger partial charge < -0.3 is 14.6 Å². The number of furan rings is 1. The van der Waals surface area contributed by atoms with Crippen LogP contribution in [0.5, 0.6) is 0 Å². The van der Waals surface area contributed by atoms with Crippen LogP contribution >= 0.6 is 0 Å². The molecule has 1 aromatic heterocycles. The van der Waals surface area contributed by atoms with E-state index in [2.05, 4.69) is 5.32 Å². The smallest absolute Gasteiger partial charge is 0.238 e. The van der Waals surface area contributed by atoms with Gasteiger partial charge in [0.05, 0.1) is 16.7 Å². The van der Waals surface area contributed by atoms with Crippen LogP contribution in [0.4, 0.5) is 16.0 Å². The summed E-state index contributed by atoms with van der Waals surface area (Å²) in [7, 11) is -3.92. The molecule has 0 bridgehead atoms. The third kappa shape index (κ3) is 4.58. The van der Waals surface area contributed by atoms with Gasteiger partial charge in [0.15, 0.2) is 0 Å². The number of hydrogen-bond donors (Lipinski definition) is 3. The fourth-order valence-corrected chi connectivity index (χ4v) is 5.36. The fourth-order valence-electron chi connectivity index (χ4n) is 4.79. The molecule has 1 aliphatic heterocycles. The highest BCUT2D eigenvalue weighted by molar-refractivity contribution is 7.89. The van der Waals surface area contributed by atoms with Crippen LogP contribution in [0.3, 0.4) is 0 Å². The quantitative estimate of drug-likeness (QED) is 0.241. The van der Waals surface area contributed by atoms with Gasteiger partial charge >= 0.3 is 0 Å². The van der Waals surface area contributed by atoms with Gasteiger partial charge in [0.25, 0.3) is 0 Å². The number of amidine groups is 1. The minimum absolute atomic E-state index is 0.0325.